The lowest BCUT2D eigenvalue weighted by Crippen LogP contribution is -2.20. The van der Waals surface area contributed by atoms with E-state index in [9.17, 15) is 9.18 Å². The van der Waals surface area contributed by atoms with Crippen molar-refractivity contribution in [3.8, 4) is 16.9 Å². The molecule has 0 atom stereocenters. The third-order valence-corrected chi connectivity index (χ3v) is 4.04. The largest absolute Gasteiger partial charge is 0.323 e. The summed E-state index contributed by atoms with van der Waals surface area (Å²) in [4.78, 5) is 16.5. The third-order valence-electron chi connectivity index (χ3n) is 4.04. The maximum atomic E-state index is 13.8. The molecule has 0 saturated heterocycles. The second-order valence-electron chi connectivity index (χ2n) is 5.97. The quantitative estimate of drug-likeness (QED) is 0.544. The number of halogens is 1. The summed E-state index contributed by atoms with van der Waals surface area (Å²) in [6, 6.07) is 18.6. The van der Waals surface area contributed by atoms with Crippen LogP contribution in [0.2, 0.25) is 0 Å². The van der Waals surface area contributed by atoms with Gasteiger partial charge in [0.05, 0.1) is 23.3 Å². The molecule has 7 heteroatoms. The van der Waals surface area contributed by atoms with E-state index in [2.05, 4.69) is 20.7 Å². The molecule has 2 heterocycles. The molecule has 0 fully saturated rings. The number of benzene rings is 2. The number of amides is 2. The molecule has 4 aromatic rings. The first-order valence-corrected chi connectivity index (χ1v) is 8.59. The summed E-state index contributed by atoms with van der Waals surface area (Å²) >= 11 is 0. The Hall–Kier alpha value is -4.00. The highest BCUT2D eigenvalue weighted by Gasteiger charge is 2.15. The lowest BCUT2D eigenvalue weighted by Gasteiger charge is -2.08. The van der Waals surface area contributed by atoms with Crippen LogP contribution in [-0.2, 0) is 0 Å². The van der Waals surface area contributed by atoms with Crippen LogP contribution in [0.5, 0.6) is 0 Å². The van der Waals surface area contributed by atoms with Gasteiger partial charge in [-0.15, -0.1) is 0 Å². The van der Waals surface area contributed by atoms with Gasteiger partial charge in [-0.25, -0.2) is 13.9 Å². The first-order chi connectivity index (χ1) is 13.7. The predicted octanol–water partition coefficient (Wildman–Crippen LogP) is 4.72. The standard InChI is InChI=1S/C21H16FN5O/c22-17-10-4-5-11-18(17)24-21(28)25-19-14-27(16-8-2-1-3-9-16)26-20(19)15-7-6-12-23-13-15/h1-14H,(H2,24,25,28). The highest BCUT2D eigenvalue weighted by Crippen LogP contribution is 2.27. The Morgan fingerprint density at radius 2 is 1.64 bits per heavy atom. The molecule has 0 aliphatic rings. The van der Waals surface area contributed by atoms with Crippen LogP contribution in [-0.4, -0.2) is 20.8 Å². The second kappa shape index (κ2) is 7.71. The summed E-state index contributed by atoms with van der Waals surface area (Å²) in [6.07, 6.45) is 5.03. The van der Waals surface area contributed by atoms with E-state index >= 15 is 0 Å². The Morgan fingerprint density at radius 3 is 2.39 bits per heavy atom. The monoisotopic (exact) mass is 373 g/mol. The SMILES string of the molecule is O=C(Nc1ccccc1F)Nc1cn(-c2ccccc2)nc1-c1cccnc1. The Bertz CT molecular complexity index is 1100. The Morgan fingerprint density at radius 1 is 0.893 bits per heavy atom. The molecule has 6 nitrogen and oxygen atoms in total. The first-order valence-electron chi connectivity index (χ1n) is 8.59. The van der Waals surface area contributed by atoms with Gasteiger partial charge in [-0.2, -0.15) is 5.10 Å². The van der Waals surface area contributed by atoms with Crippen molar-refractivity contribution in [1.82, 2.24) is 14.8 Å². The van der Waals surface area contributed by atoms with Crippen LogP contribution in [0.4, 0.5) is 20.6 Å². The van der Waals surface area contributed by atoms with Crippen LogP contribution in [0.25, 0.3) is 16.9 Å². The molecule has 0 spiro atoms. The predicted molar refractivity (Wildman–Crippen MR) is 106 cm³/mol. The average molecular weight is 373 g/mol. The maximum absolute atomic E-state index is 13.8. The van der Waals surface area contributed by atoms with Crippen molar-refractivity contribution in [2.75, 3.05) is 10.6 Å². The molecular weight excluding hydrogens is 357 g/mol. The van der Waals surface area contributed by atoms with Gasteiger partial charge in [0.1, 0.15) is 11.5 Å². The number of hydrogen-bond acceptors (Lipinski definition) is 3. The zero-order valence-electron chi connectivity index (χ0n) is 14.7. The number of carbonyl (C=O) groups excluding carboxylic acids is 1. The molecule has 2 amide bonds. The number of anilines is 2. The Balaban J connectivity index is 1.66. The zero-order valence-corrected chi connectivity index (χ0v) is 14.7. The maximum Gasteiger partial charge on any atom is 0.323 e. The third kappa shape index (κ3) is 3.73. The highest BCUT2D eigenvalue weighted by molar-refractivity contribution is 6.01. The van der Waals surface area contributed by atoms with E-state index in [1.54, 1.807) is 41.5 Å². The first kappa shape index (κ1) is 17.4. The molecule has 2 aromatic heterocycles. The fourth-order valence-corrected chi connectivity index (χ4v) is 2.73. The van der Waals surface area contributed by atoms with Gasteiger partial charge in [0.15, 0.2) is 0 Å². The molecule has 138 valence electrons. The second-order valence-corrected chi connectivity index (χ2v) is 5.97. The molecule has 28 heavy (non-hydrogen) atoms. The lowest BCUT2D eigenvalue weighted by atomic mass is 10.2. The minimum atomic E-state index is -0.567. The van der Waals surface area contributed by atoms with Crippen LogP contribution in [0.1, 0.15) is 0 Å². The van der Waals surface area contributed by atoms with Crippen LogP contribution < -0.4 is 10.6 Å². The van der Waals surface area contributed by atoms with Crippen molar-refractivity contribution in [1.29, 1.82) is 0 Å². The Labute approximate surface area is 160 Å². The van der Waals surface area contributed by atoms with E-state index in [-0.39, 0.29) is 5.69 Å². The van der Waals surface area contributed by atoms with Gasteiger partial charge < -0.3 is 10.6 Å². The molecular formula is C21H16FN5O. The molecule has 2 N–H and O–H groups in total. The minimum absolute atomic E-state index is 0.0957. The fourth-order valence-electron chi connectivity index (χ4n) is 2.73. The summed E-state index contributed by atoms with van der Waals surface area (Å²) < 4.78 is 15.5. The molecule has 0 aliphatic carbocycles. The number of nitrogens with one attached hydrogen (secondary N) is 2. The van der Waals surface area contributed by atoms with Crippen LogP contribution >= 0.6 is 0 Å². The number of aromatic nitrogens is 3. The number of urea groups is 1. The normalized spacial score (nSPS) is 10.5. The van der Waals surface area contributed by atoms with Gasteiger partial charge >= 0.3 is 6.03 Å². The van der Waals surface area contributed by atoms with Crippen molar-refractivity contribution in [2.24, 2.45) is 0 Å². The number of para-hydroxylation sites is 2. The van der Waals surface area contributed by atoms with E-state index in [0.717, 1.165) is 11.3 Å². The topological polar surface area (TPSA) is 71.8 Å². The summed E-state index contributed by atoms with van der Waals surface area (Å²) in [5.74, 6) is -0.509. The van der Waals surface area contributed by atoms with E-state index in [1.165, 1.54) is 12.1 Å². The van der Waals surface area contributed by atoms with E-state index in [4.69, 9.17) is 0 Å². The average Bonchev–Trinajstić information content (AvgIpc) is 3.15. The zero-order chi connectivity index (χ0) is 19.3. The smallest absolute Gasteiger partial charge is 0.305 e. The summed E-state index contributed by atoms with van der Waals surface area (Å²) in [5.41, 5.74) is 2.72. The lowest BCUT2D eigenvalue weighted by molar-refractivity contribution is 0.262. The highest BCUT2D eigenvalue weighted by atomic mass is 19.1. The molecule has 0 saturated carbocycles. The van der Waals surface area contributed by atoms with Gasteiger partial charge in [-0.3, -0.25) is 4.98 Å². The molecule has 2 aromatic carbocycles. The fraction of sp³-hybridized carbons (Fsp3) is 0. The molecule has 0 aliphatic heterocycles. The number of nitrogens with zero attached hydrogens (tertiary/aromatic N) is 3. The summed E-state index contributed by atoms with van der Waals surface area (Å²) in [5, 5.41) is 9.84. The van der Waals surface area contributed by atoms with Crippen LogP contribution in [0.15, 0.2) is 85.3 Å². The molecule has 0 bridgehead atoms. The summed E-state index contributed by atoms with van der Waals surface area (Å²) in [6.45, 7) is 0. The van der Waals surface area contributed by atoms with Crippen LogP contribution in [0.3, 0.4) is 0 Å². The van der Waals surface area contributed by atoms with Gasteiger partial charge in [-0.05, 0) is 36.4 Å². The summed E-state index contributed by atoms with van der Waals surface area (Å²) in [7, 11) is 0. The van der Waals surface area contributed by atoms with E-state index in [0.29, 0.717) is 11.4 Å². The van der Waals surface area contributed by atoms with Gasteiger partial charge in [0.25, 0.3) is 0 Å². The Kier molecular flexibility index (Phi) is 4.79. The number of pyridine rings is 1. The van der Waals surface area contributed by atoms with Gasteiger partial charge in [-0.1, -0.05) is 30.3 Å². The molecule has 0 radical (unpaired) electrons. The van der Waals surface area contributed by atoms with E-state index < -0.39 is 11.8 Å². The van der Waals surface area contributed by atoms with Crippen molar-refractivity contribution >= 4 is 17.4 Å². The molecule has 4 rings (SSSR count). The van der Waals surface area contributed by atoms with Crippen molar-refractivity contribution in [2.45, 2.75) is 0 Å². The van der Waals surface area contributed by atoms with Crippen molar-refractivity contribution in [3.05, 3.63) is 91.1 Å². The van der Waals surface area contributed by atoms with E-state index in [1.807, 2.05) is 36.4 Å². The van der Waals surface area contributed by atoms with Crippen molar-refractivity contribution < 1.29 is 9.18 Å². The number of rotatable bonds is 4. The number of carbonyl (C=O) groups is 1. The van der Waals surface area contributed by atoms with Crippen LogP contribution in [0, 0.1) is 5.82 Å². The number of hydrogen-bond donors (Lipinski definition) is 2. The van der Waals surface area contributed by atoms with Crippen molar-refractivity contribution in [3.63, 3.8) is 0 Å². The van der Waals surface area contributed by atoms with Gasteiger partial charge in [0.2, 0.25) is 0 Å². The minimum Gasteiger partial charge on any atom is -0.305 e. The molecule has 0 unspecified atom stereocenters. The van der Waals surface area contributed by atoms with Gasteiger partial charge in [0, 0.05) is 18.0 Å².